The van der Waals surface area contributed by atoms with Gasteiger partial charge in [-0.1, -0.05) is 12.1 Å². The van der Waals surface area contributed by atoms with Gasteiger partial charge in [0.05, 0.1) is 18.2 Å². The van der Waals surface area contributed by atoms with Gasteiger partial charge in [0.25, 0.3) is 0 Å². The molecule has 2 rings (SSSR count). The van der Waals surface area contributed by atoms with Crippen LogP contribution in [-0.2, 0) is 0 Å². The van der Waals surface area contributed by atoms with Crippen LogP contribution in [0.15, 0.2) is 57.9 Å². The summed E-state index contributed by atoms with van der Waals surface area (Å²) in [5, 5.41) is 8.70. The topological polar surface area (TPSA) is 33.0 Å². The molecule has 2 nitrogen and oxygen atoms in total. The largest absolute Gasteiger partial charge is 0.493 e. The Labute approximate surface area is 125 Å². The van der Waals surface area contributed by atoms with E-state index in [0.717, 1.165) is 16.0 Å². The van der Waals surface area contributed by atoms with E-state index in [1.165, 1.54) is 4.90 Å². The first-order valence-corrected chi connectivity index (χ1v) is 7.58. The number of benzene rings is 2. The molecule has 2 aromatic carbocycles. The summed E-state index contributed by atoms with van der Waals surface area (Å²) >= 11 is 5.27. The summed E-state index contributed by atoms with van der Waals surface area (Å²) in [5.41, 5.74) is 0.648. The van der Waals surface area contributed by atoms with Gasteiger partial charge in [-0.3, -0.25) is 0 Å². The molecule has 0 fully saturated rings. The molecule has 0 saturated heterocycles. The van der Waals surface area contributed by atoms with E-state index >= 15 is 0 Å². The van der Waals surface area contributed by atoms with Gasteiger partial charge in [-0.2, -0.15) is 5.26 Å². The molecule has 4 heteroatoms. The lowest BCUT2D eigenvalue weighted by Gasteiger charge is -2.07. The van der Waals surface area contributed by atoms with Gasteiger partial charge >= 0.3 is 0 Å². The zero-order valence-electron chi connectivity index (χ0n) is 10.2. The fourth-order valence-corrected chi connectivity index (χ4v) is 2.89. The summed E-state index contributed by atoms with van der Waals surface area (Å²) in [6, 6.07) is 17.4. The van der Waals surface area contributed by atoms with Crippen LogP contribution >= 0.6 is 27.7 Å². The summed E-state index contributed by atoms with van der Waals surface area (Å²) < 4.78 is 6.73. The molecule has 0 aromatic heterocycles. The third-order valence-electron chi connectivity index (χ3n) is 2.43. The highest BCUT2D eigenvalue weighted by Crippen LogP contribution is 2.26. The first-order chi connectivity index (χ1) is 9.29. The van der Waals surface area contributed by atoms with Crippen LogP contribution in [0.4, 0.5) is 0 Å². The Bertz CT molecular complexity index is 577. The number of ether oxygens (including phenoxy) is 1. The van der Waals surface area contributed by atoms with E-state index in [-0.39, 0.29) is 0 Å². The number of nitrogens with zero attached hydrogens (tertiary/aromatic N) is 1. The Morgan fingerprint density at radius 1 is 1.11 bits per heavy atom. The van der Waals surface area contributed by atoms with E-state index < -0.39 is 0 Å². The number of nitriles is 1. The summed E-state index contributed by atoms with van der Waals surface area (Å²) in [6.07, 6.45) is 0. The van der Waals surface area contributed by atoms with Crippen molar-refractivity contribution in [2.45, 2.75) is 4.90 Å². The molecular formula is C15H12BrNOS. The second-order valence-corrected chi connectivity index (χ2v) is 5.75. The average molecular weight is 334 g/mol. The van der Waals surface area contributed by atoms with Crippen LogP contribution in [0.3, 0.4) is 0 Å². The van der Waals surface area contributed by atoms with E-state index in [4.69, 9.17) is 10.00 Å². The van der Waals surface area contributed by atoms with Crippen LogP contribution in [0, 0.1) is 11.3 Å². The predicted octanol–water partition coefficient (Wildman–Crippen LogP) is 4.49. The second kappa shape index (κ2) is 7.22. The van der Waals surface area contributed by atoms with Crippen molar-refractivity contribution in [3.05, 3.63) is 58.6 Å². The molecule has 0 aliphatic carbocycles. The Morgan fingerprint density at radius 2 is 1.84 bits per heavy atom. The molecule has 19 heavy (non-hydrogen) atoms. The zero-order chi connectivity index (χ0) is 13.5. The monoisotopic (exact) mass is 333 g/mol. The Morgan fingerprint density at radius 3 is 2.53 bits per heavy atom. The van der Waals surface area contributed by atoms with Crippen LogP contribution in [-0.4, -0.2) is 12.4 Å². The van der Waals surface area contributed by atoms with Crippen LogP contribution in [0.5, 0.6) is 5.75 Å². The predicted molar refractivity (Wildman–Crippen MR) is 81.5 cm³/mol. The van der Waals surface area contributed by atoms with Gasteiger partial charge in [0, 0.05) is 15.1 Å². The quantitative estimate of drug-likeness (QED) is 0.596. The molecule has 0 aliphatic heterocycles. The molecule has 0 atom stereocenters. The van der Waals surface area contributed by atoms with Gasteiger partial charge < -0.3 is 4.74 Å². The lowest BCUT2D eigenvalue weighted by atomic mass is 10.2. The molecule has 0 spiro atoms. The highest BCUT2D eigenvalue weighted by molar-refractivity contribution is 9.10. The van der Waals surface area contributed by atoms with Crippen molar-refractivity contribution in [2.75, 3.05) is 12.4 Å². The van der Waals surface area contributed by atoms with Crippen molar-refractivity contribution in [1.82, 2.24) is 0 Å². The Balaban J connectivity index is 1.78. The molecular weight excluding hydrogens is 322 g/mol. The molecule has 0 bridgehead atoms. The minimum Gasteiger partial charge on any atom is -0.493 e. The highest BCUT2D eigenvalue weighted by Gasteiger charge is 1.99. The van der Waals surface area contributed by atoms with E-state index in [0.29, 0.717) is 12.2 Å². The van der Waals surface area contributed by atoms with Crippen molar-refractivity contribution >= 4 is 27.7 Å². The van der Waals surface area contributed by atoms with E-state index in [9.17, 15) is 0 Å². The van der Waals surface area contributed by atoms with Gasteiger partial charge in [-0.25, -0.2) is 0 Å². The van der Waals surface area contributed by atoms with Crippen molar-refractivity contribution in [3.8, 4) is 11.8 Å². The second-order valence-electron chi connectivity index (χ2n) is 3.76. The lowest BCUT2D eigenvalue weighted by molar-refractivity contribution is 0.344. The molecule has 2 aromatic rings. The SMILES string of the molecule is N#Cc1ccc(OCCSc2ccccc2Br)cc1. The standard InChI is InChI=1S/C15H12BrNOS/c16-14-3-1-2-4-15(14)19-10-9-18-13-7-5-12(11-17)6-8-13/h1-8H,9-10H2. The first kappa shape index (κ1) is 14.0. The zero-order valence-corrected chi connectivity index (χ0v) is 12.6. The molecule has 0 aliphatic rings. The van der Waals surface area contributed by atoms with Crippen LogP contribution in [0.2, 0.25) is 0 Å². The van der Waals surface area contributed by atoms with E-state index in [2.05, 4.69) is 28.1 Å². The van der Waals surface area contributed by atoms with Crippen LogP contribution < -0.4 is 4.74 Å². The van der Waals surface area contributed by atoms with Crippen molar-refractivity contribution in [1.29, 1.82) is 5.26 Å². The Kier molecular flexibility index (Phi) is 5.31. The third-order valence-corrected chi connectivity index (χ3v) is 4.42. The summed E-state index contributed by atoms with van der Waals surface area (Å²) in [6.45, 7) is 0.637. The number of thioether (sulfide) groups is 1. The molecule has 0 N–H and O–H groups in total. The van der Waals surface area contributed by atoms with Crippen molar-refractivity contribution in [2.24, 2.45) is 0 Å². The lowest BCUT2D eigenvalue weighted by Crippen LogP contribution is -2.00. The number of hydrogen-bond acceptors (Lipinski definition) is 3. The maximum absolute atomic E-state index is 8.70. The molecule has 0 amide bonds. The fourth-order valence-electron chi connectivity index (χ4n) is 1.50. The molecule has 0 saturated carbocycles. The third kappa shape index (κ3) is 4.30. The van der Waals surface area contributed by atoms with Crippen molar-refractivity contribution < 1.29 is 4.74 Å². The fraction of sp³-hybridized carbons (Fsp3) is 0.133. The number of halogens is 1. The molecule has 0 heterocycles. The van der Waals surface area contributed by atoms with Crippen molar-refractivity contribution in [3.63, 3.8) is 0 Å². The summed E-state index contributed by atoms with van der Waals surface area (Å²) in [4.78, 5) is 1.21. The number of hydrogen-bond donors (Lipinski definition) is 0. The minimum absolute atomic E-state index is 0.637. The number of rotatable bonds is 5. The minimum atomic E-state index is 0.637. The summed E-state index contributed by atoms with van der Waals surface area (Å²) in [7, 11) is 0. The van der Waals surface area contributed by atoms with E-state index in [1.807, 2.05) is 30.3 Å². The normalized spacial score (nSPS) is 9.89. The van der Waals surface area contributed by atoms with Crippen LogP contribution in [0.1, 0.15) is 5.56 Å². The van der Waals surface area contributed by atoms with Gasteiger partial charge in [0.15, 0.2) is 0 Å². The first-order valence-electron chi connectivity index (χ1n) is 5.80. The van der Waals surface area contributed by atoms with Gasteiger partial charge in [-0.05, 0) is 52.3 Å². The summed E-state index contributed by atoms with van der Waals surface area (Å²) in [5.74, 6) is 1.68. The van der Waals surface area contributed by atoms with Gasteiger partial charge in [0.1, 0.15) is 5.75 Å². The molecule has 0 unspecified atom stereocenters. The van der Waals surface area contributed by atoms with Gasteiger partial charge in [-0.15, -0.1) is 11.8 Å². The smallest absolute Gasteiger partial charge is 0.119 e. The maximum atomic E-state index is 8.70. The van der Waals surface area contributed by atoms with E-state index in [1.54, 1.807) is 23.9 Å². The highest BCUT2D eigenvalue weighted by atomic mass is 79.9. The Hall–Kier alpha value is -1.44. The average Bonchev–Trinajstić information content (AvgIpc) is 2.46. The molecule has 96 valence electrons. The molecule has 0 radical (unpaired) electrons. The van der Waals surface area contributed by atoms with Gasteiger partial charge in [0.2, 0.25) is 0 Å². The maximum Gasteiger partial charge on any atom is 0.119 e. The van der Waals surface area contributed by atoms with Crippen LogP contribution in [0.25, 0.3) is 0 Å².